The van der Waals surface area contributed by atoms with E-state index in [9.17, 15) is 12.8 Å². The summed E-state index contributed by atoms with van der Waals surface area (Å²) in [7, 11) is -3.76. The van der Waals surface area contributed by atoms with Gasteiger partial charge in [0.05, 0.1) is 11.5 Å². The lowest BCUT2D eigenvalue weighted by Gasteiger charge is -2.32. The third-order valence-corrected chi connectivity index (χ3v) is 6.54. The van der Waals surface area contributed by atoms with Gasteiger partial charge in [-0.15, -0.1) is 11.3 Å². The van der Waals surface area contributed by atoms with E-state index in [-0.39, 0.29) is 16.6 Å². The predicted octanol–water partition coefficient (Wildman–Crippen LogP) is 2.88. The maximum Gasteiger partial charge on any atom is 0.240 e. The van der Waals surface area contributed by atoms with Crippen molar-refractivity contribution in [1.82, 2.24) is 9.71 Å². The molecule has 2 heterocycles. The van der Waals surface area contributed by atoms with E-state index in [2.05, 4.69) is 14.6 Å². The minimum Gasteiger partial charge on any atom is -0.491 e. The Hall–Kier alpha value is -1.71. The molecule has 1 aromatic carbocycles. The van der Waals surface area contributed by atoms with Gasteiger partial charge in [0, 0.05) is 31.2 Å². The SMILES string of the molecule is CCOc1ccc(S(=O)(=O)NCC2CCCN(c3nccs3)C2)cc1F. The van der Waals surface area contributed by atoms with Gasteiger partial charge >= 0.3 is 0 Å². The fourth-order valence-corrected chi connectivity index (χ4v) is 4.82. The van der Waals surface area contributed by atoms with Crippen LogP contribution < -0.4 is 14.4 Å². The van der Waals surface area contributed by atoms with E-state index in [4.69, 9.17) is 4.74 Å². The summed E-state index contributed by atoms with van der Waals surface area (Å²) in [5.74, 6) is -0.435. The van der Waals surface area contributed by atoms with Gasteiger partial charge in [-0.05, 0) is 43.9 Å². The van der Waals surface area contributed by atoms with Gasteiger partial charge in [0.2, 0.25) is 10.0 Å². The number of benzene rings is 1. The molecule has 1 saturated heterocycles. The van der Waals surface area contributed by atoms with Gasteiger partial charge in [-0.25, -0.2) is 22.5 Å². The summed E-state index contributed by atoms with van der Waals surface area (Å²) >= 11 is 1.58. The largest absolute Gasteiger partial charge is 0.491 e. The molecule has 0 aliphatic carbocycles. The zero-order valence-corrected chi connectivity index (χ0v) is 16.2. The monoisotopic (exact) mass is 399 g/mol. The van der Waals surface area contributed by atoms with Crippen LogP contribution in [-0.2, 0) is 10.0 Å². The molecule has 1 N–H and O–H groups in total. The van der Waals surface area contributed by atoms with Gasteiger partial charge in [0.25, 0.3) is 0 Å². The quantitative estimate of drug-likeness (QED) is 0.775. The molecular formula is C17H22FN3O3S2. The fraction of sp³-hybridized carbons (Fsp3) is 0.471. The molecule has 0 saturated carbocycles. The first-order valence-electron chi connectivity index (χ1n) is 8.56. The number of sulfonamides is 1. The summed E-state index contributed by atoms with van der Waals surface area (Å²) in [6, 6.07) is 3.70. The summed E-state index contributed by atoms with van der Waals surface area (Å²) in [5.41, 5.74) is 0. The molecule has 26 heavy (non-hydrogen) atoms. The van der Waals surface area contributed by atoms with Crippen molar-refractivity contribution in [3.63, 3.8) is 0 Å². The molecule has 142 valence electrons. The summed E-state index contributed by atoms with van der Waals surface area (Å²) < 4.78 is 46.6. The number of hydrogen-bond donors (Lipinski definition) is 1. The molecule has 1 fully saturated rings. The molecule has 1 aliphatic heterocycles. The van der Waals surface area contributed by atoms with E-state index in [1.807, 2.05) is 5.38 Å². The van der Waals surface area contributed by atoms with Crippen LogP contribution in [0.25, 0.3) is 0 Å². The first-order chi connectivity index (χ1) is 12.5. The zero-order chi connectivity index (χ0) is 18.6. The first-order valence-corrected chi connectivity index (χ1v) is 10.9. The Kier molecular flexibility index (Phi) is 6.10. The van der Waals surface area contributed by atoms with Crippen molar-refractivity contribution in [3.05, 3.63) is 35.6 Å². The lowest BCUT2D eigenvalue weighted by molar-refractivity contribution is 0.321. The van der Waals surface area contributed by atoms with E-state index in [0.717, 1.165) is 37.1 Å². The third-order valence-electron chi connectivity index (χ3n) is 4.28. The standard InChI is InChI=1S/C17H22FN3O3S2/c1-2-24-16-6-5-14(10-15(16)18)26(22,23)20-11-13-4-3-8-21(12-13)17-19-7-9-25-17/h5-7,9-10,13,20H,2-4,8,11-12H2,1H3. The Morgan fingerprint density at radius 3 is 3.00 bits per heavy atom. The number of halogens is 1. The van der Waals surface area contributed by atoms with Gasteiger partial charge in [-0.1, -0.05) is 0 Å². The molecular weight excluding hydrogens is 377 g/mol. The Labute approximate surface area is 157 Å². The van der Waals surface area contributed by atoms with Crippen LogP contribution in [0.5, 0.6) is 5.75 Å². The van der Waals surface area contributed by atoms with Crippen molar-refractivity contribution in [2.75, 3.05) is 31.1 Å². The highest BCUT2D eigenvalue weighted by Gasteiger charge is 2.24. The number of anilines is 1. The van der Waals surface area contributed by atoms with Crippen molar-refractivity contribution in [2.45, 2.75) is 24.7 Å². The van der Waals surface area contributed by atoms with Crippen molar-refractivity contribution < 1.29 is 17.5 Å². The molecule has 0 radical (unpaired) electrons. The van der Waals surface area contributed by atoms with Crippen molar-refractivity contribution in [2.24, 2.45) is 5.92 Å². The van der Waals surface area contributed by atoms with Crippen LogP contribution in [0.4, 0.5) is 9.52 Å². The summed E-state index contributed by atoms with van der Waals surface area (Å²) in [6.07, 6.45) is 3.71. The molecule has 2 aromatic rings. The first kappa shape index (κ1) is 19.1. The van der Waals surface area contributed by atoms with Crippen LogP contribution in [-0.4, -0.2) is 39.6 Å². The van der Waals surface area contributed by atoms with Gasteiger partial charge < -0.3 is 9.64 Å². The molecule has 0 bridgehead atoms. The fourth-order valence-electron chi connectivity index (χ4n) is 3.01. The number of piperidine rings is 1. The second kappa shape index (κ2) is 8.32. The molecule has 0 spiro atoms. The Bertz CT molecular complexity index is 828. The molecule has 0 amide bonds. The average Bonchev–Trinajstić information content (AvgIpc) is 3.17. The molecule has 1 aromatic heterocycles. The highest BCUT2D eigenvalue weighted by Crippen LogP contribution is 2.25. The number of rotatable bonds is 7. The number of thiazole rings is 1. The smallest absolute Gasteiger partial charge is 0.240 e. The van der Waals surface area contributed by atoms with E-state index < -0.39 is 15.8 Å². The van der Waals surface area contributed by atoms with E-state index in [1.54, 1.807) is 24.5 Å². The number of hydrogen-bond acceptors (Lipinski definition) is 6. The minimum absolute atomic E-state index is 0.0535. The van der Waals surface area contributed by atoms with Crippen LogP contribution in [0, 0.1) is 11.7 Å². The number of nitrogens with one attached hydrogen (secondary N) is 1. The molecule has 1 atom stereocenters. The van der Waals surface area contributed by atoms with Crippen LogP contribution in [0.2, 0.25) is 0 Å². The zero-order valence-electron chi connectivity index (χ0n) is 14.5. The van der Waals surface area contributed by atoms with E-state index >= 15 is 0 Å². The maximum absolute atomic E-state index is 13.9. The third kappa shape index (κ3) is 4.52. The van der Waals surface area contributed by atoms with Gasteiger partial charge in [0.1, 0.15) is 0 Å². The number of aromatic nitrogens is 1. The van der Waals surface area contributed by atoms with Crippen molar-refractivity contribution >= 4 is 26.5 Å². The lowest BCUT2D eigenvalue weighted by Crippen LogP contribution is -2.41. The van der Waals surface area contributed by atoms with Gasteiger partial charge in [-0.3, -0.25) is 0 Å². The van der Waals surface area contributed by atoms with E-state index in [0.29, 0.717) is 13.2 Å². The number of ether oxygens (including phenoxy) is 1. The second-order valence-corrected chi connectivity index (χ2v) is 8.79. The van der Waals surface area contributed by atoms with Crippen molar-refractivity contribution in [1.29, 1.82) is 0 Å². The highest BCUT2D eigenvalue weighted by atomic mass is 32.2. The predicted molar refractivity (Wildman–Crippen MR) is 99.8 cm³/mol. The Morgan fingerprint density at radius 1 is 1.46 bits per heavy atom. The average molecular weight is 400 g/mol. The summed E-state index contributed by atoms with van der Waals surface area (Å²) in [4.78, 5) is 6.41. The molecule has 1 unspecified atom stereocenters. The number of nitrogens with zero attached hydrogens (tertiary/aromatic N) is 2. The van der Waals surface area contributed by atoms with Crippen LogP contribution in [0.15, 0.2) is 34.7 Å². The topological polar surface area (TPSA) is 71.5 Å². The summed E-state index contributed by atoms with van der Waals surface area (Å²) in [6.45, 7) is 4.07. The molecule has 9 heteroatoms. The minimum atomic E-state index is -3.76. The maximum atomic E-state index is 13.9. The molecule has 1 aliphatic rings. The van der Waals surface area contributed by atoms with Gasteiger partial charge in [0.15, 0.2) is 16.7 Å². The van der Waals surface area contributed by atoms with Crippen molar-refractivity contribution in [3.8, 4) is 5.75 Å². The Balaban J connectivity index is 1.62. The lowest BCUT2D eigenvalue weighted by atomic mass is 9.99. The van der Waals surface area contributed by atoms with Crippen LogP contribution in [0.3, 0.4) is 0 Å². The normalized spacial score (nSPS) is 18.1. The van der Waals surface area contributed by atoms with E-state index in [1.165, 1.54) is 12.1 Å². The second-order valence-electron chi connectivity index (χ2n) is 6.15. The summed E-state index contributed by atoms with van der Waals surface area (Å²) in [5, 5.41) is 2.90. The Morgan fingerprint density at radius 2 is 2.31 bits per heavy atom. The highest BCUT2D eigenvalue weighted by molar-refractivity contribution is 7.89. The van der Waals surface area contributed by atoms with Crippen LogP contribution in [0.1, 0.15) is 19.8 Å². The van der Waals surface area contributed by atoms with Crippen LogP contribution >= 0.6 is 11.3 Å². The molecule has 6 nitrogen and oxygen atoms in total. The molecule has 3 rings (SSSR count). The van der Waals surface area contributed by atoms with Gasteiger partial charge in [-0.2, -0.15) is 0 Å².